The van der Waals surface area contributed by atoms with Crippen LogP contribution in [0, 0.1) is 5.92 Å². The van der Waals surface area contributed by atoms with Crippen LogP contribution in [0.2, 0.25) is 0 Å². The van der Waals surface area contributed by atoms with Crippen molar-refractivity contribution in [3.63, 3.8) is 0 Å². The van der Waals surface area contributed by atoms with E-state index in [-0.39, 0.29) is 36.7 Å². The Labute approximate surface area is 119 Å². The molecule has 1 rings (SSSR count). The summed E-state index contributed by atoms with van der Waals surface area (Å²) < 4.78 is 0. The number of likely N-dealkylation sites (tertiary alicyclic amines) is 1. The highest BCUT2D eigenvalue weighted by Gasteiger charge is 2.26. The van der Waals surface area contributed by atoms with Crippen molar-refractivity contribution in [3.8, 4) is 0 Å². The number of amides is 3. The maximum atomic E-state index is 12.1. The van der Waals surface area contributed by atoms with Crippen molar-refractivity contribution in [2.24, 2.45) is 11.7 Å². The number of carbonyl (C=O) groups excluding carboxylic acids is 3. The van der Waals surface area contributed by atoms with Crippen LogP contribution < -0.4 is 5.73 Å². The summed E-state index contributed by atoms with van der Waals surface area (Å²) in [6.45, 7) is 1.54. The van der Waals surface area contributed by atoms with E-state index >= 15 is 0 Å². The van der Waals surface area contributed by atoms with Crippen LogP contribution in [0.25, 0.3) is 0 Å². The summed E-state index contributed by atoms with van der Waals surface area (Å²) in [5.74, 6) is -0.451. The molecular weight excluding hydrogens is 260 g/mol. The first-order chi connectivity index (χ1) is 9.31. The molecule has 0 aliphatic carbocycles. The van der Waals surface area contributed by atoms with E-state index in [4.69, 9.17) is 5.73 Å². The fraction of sp³-hybridized carbons (Fsp3) is 0.769. The number of likely N-dealkylation sites (N-methyl/N-ethyl adjacent to an activating group) is 2. The molecule has 7 nitrogen and oxygen atoms in total. The zero-order chi connectivity index (χ0) is 15.3. The molecule has 0 aromatic carbocycles. The Hall–Kier alpha value is -1.63. The molecule has 0 bridgehead atoms. The number of nitrogens with two attached hydrogens (primary N) is 1. The molecule has 0 radical (unpaired) electrons. The maximum absolute atomic E-state index is 12.1. The second-order valence-electron chi connectivity index (χ2n) is 5.52. The van der Waals surface area contributed by atoms with Crippen LogP contribution in [0.5, 0.6) is 0 Å². The lowest BCUT2D eigenvalue weighted by Crippen LogP contribution is -2.46. The molecule has 1 saturated heterocycles. The van der Waals surface area contributed by atoms with E-state index in [1.165, 1.54) is 4.90 Å². The summed E-state index contributed by atoms with van der Waals surface area (Å²) in [4.78, 5) is 39.6. The van der Waals surface area contributed by atoms with Gasteiger partial charge in [-0.3, -0.25) is 19.3 Å². The zero-order valence-corrected chi connectivity index (χ0v) is 12.5. The van der Waals surface area contributed by atoms with Crippen LogP contribution in [0.15, 0.2) is 0 Å². The minimum absolute atomic E-state index is 0.0121. The first kappa shape index (κ1) is 16.4. The summed E-state index contributed by atoms with van der Waals surface area (Å²) in [5.41, 5.74) is 5.26. The van der Waals surface area contributed by atoms with Gasteiger partial charge >= 0.3 is 0 Å². The van der Waals surface area contributed by atoms with Crippen molar-refractivity contribution in [3.05, 3.63) is 0 Å². The zero-order valence-electron chi connectivity index (χ0n) is 12.5. The number of hydrogen-bond donors (Lipinski definition) is 1. The van der Waals surface area contributed by atoms with Crippen molar-refractivity contribution in [2.45, 2.75) is 12.8 Å². The molecule has 0 aromatic heterocycles. The molecule has 20 heavy (non-hydrogen) atoms. The van der Waals surface area contributed by atoms with E-state index in [1.807, 2.05) is 0 Å². The molecule has 0 atom stereocenters. The van der Waals surface area contributed by atoms with Crippen LogP contribution in [0.1, 0.15) is 12.8 Å². The molecule has 114 valence electrons. The first-order valence-corrected chi connectivity index (χ1v) is 6.77. The molecule has 1 fully saturated rings. The summed E-state index contributed by atoms with van der Waals surface area (Å²) in [6, 6.07) is 0. The van der Waals surface area contributed by atoms with E-state index in [0.29, 0.717) is 25.9 Å². The van der Waals surface area contributed by atoms with Gasteiger partial charge in [0.2, 0.25) is 17.7 Å². The lowest BCUT2D eigenvalue weighted by Gasteiger charge is -2.31. The van der Waals surface area contributed by atoms with Crippen LogP contribution >= 0.6 is 0 Å². The van der Waals surface area contributed by atoms with Gasteiger partial charge in [-0.1, -0.05) is 0 Å². The average Bonchev–Trinajstić information content (AvgIpc) is 2.38. The van der Waals surface area contributed by atoms with E-state index < -0.39 is 0 Å². The number of nitrogens with zero attached hydrogens (tertiary/aromatic N) is 3. The Morgan fingerprint density at radius 3 is 2.10 bits per heavy atom. The van der Waals surface area contributed by atoms with E-state index in [0.717, 1.165) is 0 Å². The normalized spacial score (nSPS) is 16.3. The molecule has 1 heterocycles. The standard InChI is InChI=1S/C13H24N4O3/c1-15(2)11(18)8-16(3)9-12(19)17-6-4-10(5-7-17)13(14)20/h10H,4-9H2,1-3H3,(H2,14,20). The Morgan fingerprint density at radius 2 is 1.65 bits per heavy atom. The second-order valence-corrected chi connectivity index (χ2v) is 5.52. The third kappa shape index (κ3) is 4.80. The van der Waals surface area contributed by atoms with Crippen molar-refractivity contribution in [2.75, 3.05) is 47.3 Å². The molecule has 3 amide bonds. The molecule has 2 N–H and O–H groups in total. The van der Waals surface area contributed by atoms with E-state index in [9.17, 15) is 14.4 Å². The molecule has 0 saturated carbocycles. The van der Waals surface area contributed by atoms with Crippen molar-refractivity contribution < 1.29 is 14.4 Å². The number of carbonyl (C=O) groups is 3. The Bertz CT molecular complexity index is 376. The molecule has 7 heteroatoms. The van der Waals surface area contributed by atoms with Crippen LogP contribution in [-0.4, -0.2) is 79.7 Å². The summed E-state index contributed by atoms with van der Waals surface area (Å²) in [7, 11) is 5.12. The topological polar surface area (TPSA) is 87.0 Å². The van der Waals surface area contributed by atoms with Gasteiger partial charge in [-0.15, -0.1) is 0 Å². The highest BCUT2D eigenvalue weighted by atomic mass is 16.2. The van der Waals surface area contributed by atoms with Gasteiger partial charge in [0.25, 0.3) is 0 Å². The fourth-order valence-electron chi connectivity index (χ4n) is 2.17. The van der Waals surface area contributed by atoms with Gasteiger partial charge in [-0.25, -0.2) is 0 Å². The van der Waals surface area contributed by atoms with Gasteiger partial charge in [0, 0.05) is 33.1 Å². The third-order valence-electron chi connectivity index (χ3n) is 3.56. The number of piperidine rings is 1. The van der Waals surface area contributed by atoms with Gasteiger partial charge in [-0.05, 0) is 19.9 Å². The summed E-state index contributed by atoms with van der Waals surface area (Å²) in [6.07, 6.45) is 1.25. The van der Waals surface area contributed by atoms with Crippen molar-refractivity contribution in [1.82, 2.24) is 14.7 Å². The van der Waals surface area contributed by atoms with Gasteiger partial charge in [-0.2, -0.15) is 0 Å². The van der Waals surface area contributed by atoms with Gasteiger partial charge in [0.15, 0.2) is 0 Å². The average molecular weight is 284 g/mol. The van der Waals surface area contributed by atoms with Crippen LogP contribution in [-0.2, 0) is 14.4 Å². The molecule has 1 aliphatic rings. The maximum Gasteiger partial charge on any atom is 0.236 e. The van der Waals surface area contributed by atoms with Crippen molar-refractivity contribution >= 4 is 17.7 Å². The van der Waals surface area contributed by atoms with Crippen LogP contribution in [0.4, 0.5) is 0 Å². The highest BCUT2D eigenvalue weighted by molar-refractivity contribution is 5.81. The molecule has 0 aromatic rings. The fourth-order valence-corrected chi connectivity index (χ4v) is 2.17. The van der Waals surface area contributed by atoms with Gasteiger partial charge < -0.3 is 15.5 Å². The third-order valence-corrected chi connectivity index (χ3v) is 3.56. The lowest BCUT2D eigenvalue weighted by molar-refractivity contribution is -0.136. The number of hydrogen-bond acceptors (Lipinski definition) is 4. The predicted octanol–water partition coefficient (Wildman–Crippen LogP) is -1.27. The Morgan fingerprint density at radius 1 is 1.10 bits per heavy atom. The molecule has 0 spiro atoms. The smallest absolute Gasteiger partial charge is 0.236 e. The van der Waals surface area contributed by atoms with E-state index in [1.54, 1.807) is 30.9 Å². The summed E-state index contributed by atoms with van der Waals surface area (Å²) in [5, 5.41) is 0. The largest absolute Gasteiger partial charge is 0.369 e. The Kier molecular flexibility index (Phi) is 5.94. The molecule has 1 aliphatic heterocycles. The Balaban J connectivity index is 2.36. The highest BCUT2D eigenvalue weighted by Crippen LogP contribution is 2.16. The van der Waals surface area contributed by atoms with Crippen molar-refractivity contribution in [1.29, 1.82) is 0 Å². The minimum Gasteiger partial charge on any atom is -0.369 e. The van der Waals surface area contributed by atoms with Gasteiger partial charge in [0.1, 0.15) is 0 Å². The number of primary amides is 1. The molecule has 0 unspecified atom stereocenters. The predicted molar refractivity (Wildman–Crippen MR) is 74.7 cm³/mol. The monoisotopic (exact) mass is 284 g/mol. The lowest BCUT2D eigenvalue weighted by atomic mass is 9.96. The van der Waals surface area contributed by atoms with Crippen LogP contribution in [0.3, 0.4) is 0 Å². The molecular formula is C13H24N4O3. The minimum atomic E-state index is -0.286. The van der Waals surface area contributed by atoms with E-state index in [2.05, 4.69) is 0 Å². The summed E-state index contributed by atoms with van der Waals surface area (Å²) >= 11 is 0. The number of rotatable bonds is 5. The SMILES string of the molecule is CN(CC(=O)N(C)C)CC(=O)N1CCC(C(N)=O)CC1. The first-order valence-electron chi connectivity index (χ1n) is 6.77. The second kappa shape index (κ2) is 7.23. The van der Waals surface area contributed by atoms with Gasteiger partial charge in [0.05, 0.1) is 13.1 Å². The quantitative estimate of drug-likeness (QED) is 0.682.